The first-order valence-electron chi connectivity index (χ1n) is 8.61. The lowest BCUT2D eigenvalue weighted by Gasteiger charge is -2.14. The predicted octanol–water partition coefficient (Wildman–Crippen LogP) is 3.56. The second-order valence-electron chi connectivity index (χ2n) is 6.03. The molecule has 1 aliphatic heterocycles. The van der Waals surface area contributed by atoms with E-state index in [1.54, 1.807) is 11.3 Å². The summed E-state index contributed by atoms with van der Waals surface area (Å²) < 4.78 is 0. The molecule has 1 aliphatic rings. The zero-order valence-electron chi connectivity index (χ0n) is 14.1. The molecule has 0 saturated carbocycles. The molecule has 1 saturated heterocycles. The van der Waals surface area contributed by atoms with E-state index in [0.717, 1.165) is 30.8 Å². The summed E-state index contributed by atoms with van der Waals surface area (Å²) in [5.74, 6) is -0.0311. The molecule has 130 valence electrons. The zero-order valence-corrected chi connectivity index (χ0v) is 14.9. The molecule has 0 atom stereocenters. The lowest BCUT2D eigenvalue weighted by molar-refractivity contribution is -0.130. The van der Waals surface area contributed by atoms with Crippen molar-refractivity contribution in [3.05, 3.63) is 53.4 Å². The second-order valence-corrected chi connectivity index (χ2v) is 7.15. The topological polar surface area (TPSA) is 49.4 Å². The summed E-state index contributed by atoms with van der Waals surface area (Å²) in [7, 11) is 0. The minimum atomic E-state index is -0.163. The zero-order chi connectivity index (χ0) is 17.5. The summed E-state index contributed by atoms with van der Waals surface area (Å²) in [6, 6.07) is 14.2. The van der Waals surface area contributed by atoms with Gasteiger partial charge in [0, 0.05) is 41.9 Å². The third-order valence-corrected chi connectivity index (χ3v) is 5.28. The molecule has 0 spiro atoms. The number of benzene rings is 1. The van der Waals surface area contributed by atoms with Crippen molar-refractivity contribution in [2.24, 2.45) is 0 Å². The molecule has 0 aliphatic carbocycles. The maximum atomic E-state index is 11.9. The highest BCUT2D eigenvalue weighted by Crippen LogP contribution is 2.28. The highest BCUT2D eigenvalue weighted by molar-refractivity contribution is 7.16. The van der Waals surface area contributed by atoms with Crippen molar-refractivity contribution in [3.63, 3.8) is 0 Å². The Hall–Kier alpha value is -2.40. The van der Waals surface area contributed by atoms with Gasteiger partial charge in [-0.05, 0) is 36.6 Å². The van der Waals surface area contributed by atoms with E-state index in [2.05, 4.69) is 23.5 Å². The minimum Gasteiger partial charge on any atom is -0.352 e. The van der Waals surface area contributed by atoms with Gasteiger partial charge in [0.1, 0.15) is 0 Å². The first-order valence-corrected chi connectivity index (χ1v) is 9.43. The number of amides is 2. The van der Waals surface area contributed by atoms with E-state index < -0.39 is 0 Å². The fourth-order valence-electron chi connectivity index (χ4n) is 2.83. The van der Waals surface area contributed by atoms with E-state index in [0.29, 0.717) is 13.0 Å². The van der Waals surface area contributed by atoms with Crippen molar-refractivity contribution in [1.82, 2.24) is 10.2 Å². The SMILES string of the molecule is O=C(/C=C/c1ccc(-c2ccccc2)s1)NCCC(=O)N1CCCC1. The lowest BCUT2D eigenvalue weighted by Crippen LogP contribution is -2.32. The Morgan fingerprint density at radius 1 is 1.08 bits per heavy atom. The van der Waals surface area contributed by atoms with Gasteiger partial charge in [-0.2, -0.15) is 0 Å². The van der Waals surface area contributed by atoms with Gasteiger partial charge in [-0.15, -0.1) is 11.3 Å². The quantitative estimate of drug-likeness (QED) is 0.807. The molecule has 1 aromatic heterocycles. The van der Waals surface area contributed by atoms with Crippen LogP contribution in [0.5, 0.6) is 0 Å². The summed E-state index contributed by atoms with van der Waals surface area (Å²) in [5.41, 5.74) is 1.18. The first kappa shape index (κ1) is 17.4. The predicted molar refractivity (Wildman–Crippen MR) is 102 cm³/mol. The van der Waals surface area contributed by atoms with Crippen LogP contribution in [0.25, 0.3) is 16.5 Å². The lowest BCUT2D eigenvalue weighted by atomic mass is 10.2. The largest absolute Gasteiger partial charge is 0.352 e. The second kappa shape index (κ2) is 8.62. The highest BCUT2D eigenvalue weighted by Gasteiger charge is 2.17. The van der Waals surface area contributed by atoms with Gasteiger partial charge in [0.25, 0.3) is 0 Å². The number of hydrogen-bond donors (Lipinski definition) is 1. The fourth-order valence-corrected chi connectivity index (χ4v) is 3.75. The summed E-state index contributed by atoms with van der Waals surface area (Å²) >= 11 is 1.65. The number of carbonyl (C=O) groups excluding carboxylic acids is 2. The molecular weight excluding hydrogens is 332 g/mol. The van der Waals surface area contributed by atoms with Crippen LogP contribution in [0.15, 0.2) is 48.5 Å². The number of hydrogen-bond acceptors (Lipinski definition) is 3. The molecule has 5 heteroatoms. The van der Waals surface area contributed by atoms with Crippen molar-refractivity contribution in [2.45, 2.75) is 19.3 Å². The molecular formula is C20H22N2O2S. The van der Waals surface area contributed by atoms with Gasteiger partial charge in [0.2, 0.25) is 11.8 Å². The first-order chi connectivity index (χ1) is 12.2. The standard InChI is InChI=1S/C20H22N2O2S/c23-19(21-13-12-20(24)22-14-4-5-15-22)11-9-17-8-10-18(25-17)16-6-2-1-3-7-16/h1-3,6-11H,4-5,12-15H2,(H,21,23)/b11-9+. The van der Waals surface area contributed by atoms with Crippen LogP contribution in [0, 0.1) is 0 Å². The van der Waals surface area contributed by atoms with E-state index >= 15 is 0 Å². The molecule has 2 aromatic rings. The summed E-state index contributed by atoms with van der Waals surface area (Å²) in [5, 5.41) is 2.78. The highest BCUT2D eigenvalue weighted by atomic mass is 32.1. The van der Waals surface area contributed by atoms with E-state index in [-0.39, 0.29) is 11.8 Å². The molecule has 1 fully saturated rings. The Bertz CT molecular complexity index is 746. The van der Waals surface area contributed by atoms with Gasteiger partial charge in [-0.1, -0.05) is 30.3 Å². The van der Waals surface area contributed by atoms with Crippen LogP contribution in [0.2, 0.25) is 0 Å². The summed E-state index contributed by atoms with van der Waals surface area (Å²) in [6.45, 7) is 2.10. The number of nitrogens with one attached hydrogen (secondary N) is 1. The van der Waals surface area contributed by atoms with Crippen molar-refractivity contribution >= 4 is 29.2 Å². The van der Waals surface area contributed by atoms with Gasteiger partial charge in [0.15, 0.2) is 0 Å². The normalized spacial score (nSPS) is 14.2. The van der Waals surface area contributed by atoms with Gasteiger partial charge in [0.05, 0.1) is 0 Å². The van der Waals surface area contributed by atoms with Crippen molar-refractivity contribution in [1.29, 1.82) is 0 Å². The minimum absolute atomic E-state index is 0.132. The third kappa shape index (κ3) is 5.03. The Balaban J connectivity index is 1.45. The van der Waals surface area contributed by atoms with Crippen molar-refractivity contribution in [3.8, 4) is 10.4 Å². The molecule has 0 bridgehead atoms. The van der Waals surface area contributed by atoms with Gasteiger partial charge in [-0.3, -0.25) is 9.59 Å². The molecule has 3 rings (SSSR count). The van der Waals surface area contributed by atoms with Crippen LogP contribution < -0.4 is 5.32 Å². The monoisotopic (exact) mass is 354 g/mol. The molecule has 2 amide bonds. The van der Waals surface area contributed by atoms with E-state index in [1.807, 2.05) is 35.2 Å². The fraction of sp³-hybridized carbons (Fsp3) is 0.300. The number of thiophene rings is 1. The smallest absolute Gasteiger partial charge is 0.244 e. The molecule has 1 N–H and O–H groups in total. The molecule has 0 unspecified atom stereocenters. The van der Waals surface area contributed by atoms with Gasteiger partial charge < -0.3 is 10.2 Å². The number of carbonyl (C=O) groups is 2. The van der Waals surface area contributed by atoms with Crippen molar-refractivity contribution < 1.29 is 9.59 Å². The number of nitrogens with zero attached hydrogens (tertiary/aromatic N) is 1. The van der Waals surface area contributed by atoms with Gasteiger partial charge in [-0.25, -0.2) is 0 Å². The molecule has 4 nitrogen and oxygen atoms in total. The Morgan fingerprint density at radius 2 is 1.84 bits per heavy atom. The molecule has 25 heavy (non-hydrogen) atoms. The van der Waals surface area contributed by atoms with Crippen LogP contribution in [0.1, 0.15) is 24.1 Å². The molecule has 2 heterocycles. The van der Waals surface area contributed by atoms with Crippen LogP contribution in [0.4, 0.5) is 0 Å². The Morgan fingerprint density at radius 3 is 2.60 bits per heavy atom. The average molecular weight is 354 g/mol. The van der Waals surface area contributed by atoms with E-state index in [1.165, 1.54) is 16.5 Å². The molecule has 1 aromatic carbocycles. The maximum Gasteiger partial charge on any atom is 0.244 e. The van der Waals surface area contributed by atoms with E-state index in [4.69, 9.17) is 0 Å². The van der Waals surface area contributed by atoms with Gasteiger partial charge >= 0.3 is 0 Å². The average Bonchev–Trinajstić information content (AvgIpc) is 3.32. The Kier molecular flexibility index (Phi) is 6.01. The van der Waals surface area contributed by atoms with Crippen molar-refractivity contribution in [2.75, 3.05) is 19.6 Å². The summed E-state index contributed by atoms with van der Waals surface area (Å²) in [6.07, 6.45) is 5.89. The number of likely N-dealkylation sites (tertiary alicyclic amines) is 1. The number of rotatable bonds is 6. The van der Waals surface area contributed by atoms with Crippen LogP contribution >= 0.6 is 11.3 Å². The van der Waals surface area contributed by atoms with Crippen LogP contribution in [-0.2, 0) is 9.59 Å². The van der Waals surface area contributed by atoms with Crippen LogP contribution in [-0.4, -0.2) is 36.3 Å². The molecule has 0 radical (unpaired) electrons. The van der Waals surface area contributed by atoms with E-state index in [9.17, 15) is 9.59 Å². The van der Waals surface area contributed by atoms with Crippen LogP contribution in [0.3, 0.4) is 0 Å². The summed E-state index contributed by atoms with van der Waals surface area (Å²) in [4.78, 5) is 27.9. The Labute approximate surface area is 152 Å². The maximum absolute atomic E-state index is 11.9. The third-order valence-electron chi connectivity index (χ3n) is 4.18.